The summed E-state index contributed by atoms with van der Waals surface area (Å²) in [4.78, 5) is 20.7. The maximum atomic E-state index is 12.9. The number of anilines is 1. The molecule has 0 saturated heterocycles. The molecule has 2 aromatic rings. The molecule has 0 spiro atoms. The van der Waals surface area contributed by atoms with E-state index in [1.165, 1.54) is 11.8 Å². The van der Waals surface area contributed by atoms with Crippen LogP contribution in [0.15, 0.2) is 30.5 Å². The zero-order valence-electron chi connectivity index (χ0n) is 19.7. The van der Waals surface area contributed by atoms with Crippen molar-refractivity contribution >= 4 is 11.7 Å². The molecule has 1 heterocycles. The molecule has 1 aromatic heterocycles. The summed E-state index contributed by atoms with van der Waals surface area (Å²) in [6.07, 6.45) is 3.23. The van der Waals surface area contributed by atoms with Crippen molar-refractivity contribution in [1.29, 1.82) is 5.26 Å². The molecule has 166 valence electrons. The summed E-state index contributed by atoms with van der Waals surface area (Å²) in [5.41, 5.74) is 2.33. The molecular formula is C25H34N4O2. The third kappa shape index (κ3) is 5.81. The van der Waals surface area contributed by atoms with Crippen LogP contribution in [0.3, 0.4) is 0 Å². The van der Waals surface area contributed by atoms with Crippen molar-refractivity contribution in [2.24, 2.45) is 0 Å². The Kier molecular flexibility index (Phi) is 7.78. The molecule has 1 aromatic carbocycles. The van der Waals surface area contributed by atoms with Crippen LogP contribution in [0.1, 0.15) is 84.7 Å². The minimum atomic E-state index is -0.683. The average molecular weight is 423 g/mol. The lowest BCUT2D eigenvalue weighted by molar-refractivity contribution is -0.122. The molecule has 6 nitrogen and oxygen atoms in total. The van der Waals surface area contributed by atoms with E-state index in [0.29, 0.717) is 6.42 Å². The maximum absolute atomic E-state index is 12.9. The van der Waals surface area contributed by atoms with Crippen molar-refractivity contribution in [2.75, 3.05) is 5.32 Å². The highest BCUT2D eigenvalue weighted by atomic mass is 16.5. The lowest BCUT2D eigenvalue weighted by Gasteiger charge is -2.31. The number of ether oxygens (including phenoxy) is 1. The SMILES string of the molecule is CCC(Oc1ccc(C(C)(C)CC)cc1C(C)(C)CC)C(=O)Nc1ccnc(C#N)n1. The van der Waals surface area contributed by atoms with E-state index in [2.05, 4.69) is 69.0 Å². The van der Waals surface area contributed by atoms with Gasteiger partial charge < -0.3 is 10.1 Å². The molecule has 0 radical (unpaired) electrons. The smallest absolute Gasteiger partial charge is 0.266 e. The third-order valence-corrected chi connectivity index (χ3v) is 6.20. The van der Waals surface area contributed by atoms with E-state index in [0.717, 1.165) is 24.2 Å². The van der Waals surface area contributed by atoms with Crippen LogP contribution in [0, 0.1) is 11.3 Å². The minimum Gasteiger partial charge on any atom is -0.480 e. The Hall–Kier alpha value is -2.94. The fourth-order valence-corrected chi connectivity index (χ4v) is 3.14. The van der Waals surface area contributed by atoms with Crippen LogP contribution in [-0.2, 0) is 15.6 Å². The Balaban J connectivity index is 2.35. The van der Waals surface area contributed by atoms with Gasteiger partial charge in [0.25, 0.3) is 5.91 Å². The third-order valence-electron chi connectivity index (χ3n) is 6.20. The first-order valence-corrected chi connectivity index (χ1v) is 10.9. The molecule has 0 saturated carbocycles. The van der Waals surface area contributed by atoms with Crippen molar-refractivity contribution in [3.05, 3.63) is 47.4 Å². The van der Waals surface area contributed by atoms with Gasteiger partial charge in [0.1, 0.15) is 17.6 Å². The number of hydrogen-bond donors (Lipinski definition) is 1. The van der Waals surface area contributed by atoms with Gasteiger partial charge in [-0.3, -0.25) is 4.79 Å². The number of nitriles is 1. The van der Waals surface area contributed by atoms with Crippen molar-refractivity contribution in [3.8, 4) is 11.8 Å². The van der Waals surface area contributed by atoms with E-state index in [1.807, 2.05) is 19.1 Å². The molecule has 0 aliphatic heterocycles. The van der Waals surface area contributed by atoms with E-state index < -0.39 is 6.10 Å². The van der Waals surface area contributed by atoms with Crippen LogP contribution in [0.4, 0.5) is 5.82 Å². The van der Waals surface area contributed by atoms with Crippen LogP contribution in [0.2, 0.25) is 0 Å². The Bertz CT molecular complexity index is 960. The summed E-state index contributed by atoms with van der Waals surface area (Å²) >= 11 is 0. The Morgan fingerprint density at radius 1 is 1.13 bits per heavy atom. The van der Waals surface area contributed by atoms with Gasteiger partial charge in [0.15, 0.2) is 6.10 Å². The van der Waals surface area contributed by atoms with E-state index in [1.54, 1.807) is 6.07 Å². The molecule has 0 bridgehead atoms. The van der Waals surface area contributed by atoms with Gasteiger partial charge in [0.2, 0.25) is 5.82 Å². The minimum absolute atomic E-state index is 0.00729. The van der Waals surface area contributed by atoms with Gasteiger partial charge in [-0.25, -0.2) is 9.97 Å². The number of carbonyl (C=O) groups excluding carboxylic acids is 1. The van der Waals surface area contributed by atoms with E-state index >= 15 is 0 Å². The van der Waals surface area contributed by atoms with Gasteiger partial charge in [-0.05, 0) is 47.8 Å². The topological polar surface area (TPSA) is 87.9 Å². The molecular weight excluding hydrogens is 388 g/mol. The van der Waals surface area contributed by atoms with Gasteiger partial charge in [-0.15, -0.1) is 0 Å². The van der Waals surface area contributed by atoms with Gasteiger partial charge in [-0.1, -0.05) is 60.6 Å². The quantitative estimate of drug-likeness (QED) is 0.575. The monoisotopic (exact) mass is 422 g/mol. The Morgan fingerprint density at radius 2 is 1.81 bits per heavy atom. The molecule has 0 fully saturated rings. The predicted molar refractivity (Wildman–Crippen MR) is 123 cm³/mol. The van der Waals surface area contributed by atoms with Gasteiger partial charge in [0, 0.05) is 11.8 Å². The number of carbonyl (C=O) groups is 1. The average Bonchev–Trinajstić information content (AvgIpc) is 2.77. The van der Waals surface area contributed by atoms with Gasteiger partial charge in [0.05, 0.1) is 0 Å². The van der Waals surface area contributed by atoms with Gasteiger partial charge in [-0.2, -0.15) is 5.26 Å². The molecule has 2 rings (SSSR count). The first kappa shape index (κ1) is 24.3. The summed E-state index contributed by atoms with van der Waals surface area (Å²) < 4.78 is 6.25. The Morgan fingerprint density at radius 3 is 2.39 bits per heavy atom. The summed E-state index contributed by atoms with van der Waals surface area (Å²) in [5, 5.41) is 11.7. The number of nitrogens with zero attached hydrogens (tertiary/aromatic N) is 3. The summed E-state index contributed by atoms with van der Waals surface area (Å²) in [7, 11) is 0. The van der Waals surface area contributed by atoms with Crippen LogP contribution in [0.25, 0.3) is 0 Å². The number of nitrogens with one attached hydrogen (secondary N) is 1. The number of benzene rings is 1. The Labute approximate surface area is 186 Å². The summed E-state index contributed by atoms with van der Waals surface area (Å²) in [6, 6.07) is 9.75. The normalized spacial score (nSPS) is 12.7. The second kappa shape index (κ2) is 9.91. The summed E-state index contributed by atoms with van der Waals surface area (Å²) in [6.45, 7) is 15.1. The van der Waals surface area contributed by atoms with E-state index in [9.17, 15) is 4.79 Å². The van der Waals surface area contributed by atoms with Crippen molar-refractivity contribution in [3.63, 3.8) is 0 Å². The molecule has 1 N–H and O–H groups in total. The van der Waals surface area contributed by atoms with Crippen molar-refractivity contribution in [2.45, 2.75) is 84.7 Å². The molecule has 6 heteroatoms. The molecule has 1 unspecified atom stereocenters. The molecule has 0 aliphatic carbocycles. The fourth-order valence-electron chi connectivity index (χ4n) is 3.14. The standard InChI is InChI=1S/C25H34N4O2/c1-8-19(23(30)29-21-13-14-27-22(16-26)28-21)31-20-12-11-17(24(4,5)9-2)15-18(20)25(6,7)10-3/h11-15,19H,8-10H2,1-7H3,(H,27,28,29,30). The predicted octanol–water partition coefficient (Wildman–Crippen LogP) is 5.52. The second-order valence-corrected chi connectivity index (χ2v) is 9.07. The molecule has 0 aliphatic rings. The molecule has 31 heavy (non-hydrogen) atoms. The van der Waals surface area contributed by atoms with Crippen LogP contribution >= 0.6 is 0 Å². The van der Waals surface area contributed by atoms with Crippen molar-refractivity contribution in [1.82, 2.24) is 9.97 Å². The second-order valence-electron chi connectivity index (χ2n) is 9.07. The number of amides is 1. The number of aromatic nitrogens is 2. The molecule has 1 amide bonds. The summed E-state index contributed by atoms with van der Waals surface area (Å²) in [5.74, 6) is 0.717. The van der Waals surface area contributed by atoms with E-state index in [4.69, 9.17) is 10.00 Å². The van der Waals surface area contributed by atoms with Crippen LogP contribution in [0.5, 0.6) is 5.75 Å². The lowest BCUT2D eigenvalue weighted by Crippen LogP contribution is -2.33. The number of rotatable bonds is 9. The maximum Gasteiger partial charge on any atom is 0.266 e. The van der Waals surface area contributed by atoms with Crippen molar-refractivity contribution < 1.29 is 9.53 Å². The first-order chi connectivity index (χ1) is 14.6. The zero-order valence-corrected chi connectivity index (χ0v) is 19.7. The first-order valence-electron chi connectivity index (χ1n) is 10.9. The molecule has 1 atom stereocenters. The highest BCUT2D eigenvalue weighted by Gasteiger charge is 2.29. The fraction of sp³-hybridized carbons (Fsp3) is 0.520. The highest BCUT2D eigenvalue weighted by Crippen LogP contribution is 2.39. The van der Waals surface area contributed by atoms with Gasteiger partial charge >= 0.3 is 0 Å². The number of hydrogen-bond acceptors (Lipinski definition) is 5. The van der Waals surface area contributed by atoms with Crippen LogP contribution < -0.4 is 10.1 Å². The zero-order chi connectivity index (χ0) is 23.2. The van der Waals surface area contributed by atoms with Crippen LogP contribution in [-0.4, -0.2) is 22.0 Å². The highest BCUT2D eigenvalue weighted by molar-refractivity contribution is 5.93. The van der Waals surface area contributed by atoms with E-state index in [-0.39, 0.29) is 28.4 Å². The lowest BCUT2D eigenvalue weighted by atomic mass is 9.76. The largest absolute Gasteiger partial charge is 0.480 e.